The van der Waals surface area contributed by atoms with Crippen molar-refractivity contribution in [2.75, 3.05) is 12.4 Å². The molecule has 0 saturated heterocycles. The first-order chi connectivity index (χ1) is 15.4. The van der Waals surface area contributed by atoms with Gasteiger partial charge in [0.2, 0.25) is 11.7 Å². The van der Waals surface area contributed by atoms with E-state index in [-0.39, 0.29) is 11.9 Å². The van der Waals surface area contributed by atoms with Gasteiger partial charge in [-0.15, -0.1) is 0 Å². The molecule has 3 aromatic heterocycles. The second-order valence-electron chi connectivity index (χ2n) is 7.31. The second kappa shape index (κ2) is 8.88. The van der Waals surface area contributed by atoms with Gasteiger partial charge in [-0.3, -0.25) is 9.20 Å². The van der Waals surface area contributed by atoms with E-state index in [0.29, 0.717) is 40.7 Å². The molecule has 10 nitrogen and oxygen atoms in total. The van der Waals surface area contributed by atoms with Gasteiger partial charge in [0.15, 0.2) is 0 Å². The van der Waals surface area contributed by atoms with Crippen molar-refractivity contribution in [3.8, 4) is 11.4 Å². The number of anilines is 1. The molecule has 4 aromatic rings. The fourth-order valence-corrected chi connectivity index (χ4v) is 3.21. The smallest absolute Gasteiger partial charge is 0.407 e. The number of nitrogens with zero attached hydrogens (tertiary/aromatic N) is 4. The molecule has 4 rings (SSSR count). The van der Waals surface area contributed by atoms with Crippen LogP contribution in [0.1, 0.15) is 28.9 Å². The van der Waals surface area contributed by atoms with E-state index >= 15 is 0 Å². The van der Waals surface area contributed by atoms with E-state index in [1.54, 1.807) is 29.8 Å². The predicted molar refractivity (Wildman–Crippen MR) is 116 cm³/mol. The highest BCUT2D eigenvalue weighted by atomic mass is 16.5. The number of pyridine rings is 1. The Labute approximate surface area is 183 Å². The molecule has 32 heavy (non-hydrogen) atoms. The first-order valence-electron chi connectivity index (χ1n) is 9.96. The van der Waals surface area contributed by atoms with E-state index in [1.165, 1.54) is 7.11 Å². The van der Waals surface area contributed by atoms with Crippen LogP contribution in [-0.2, 0) is 11.2 Å². The normalized spacial score (nSPS) is 11.8. The lowest BCUT2D eigenvalue weighted by atomic mass is 10.1. The number of fused-ring (bicyclic) bond motifs is 1. The van der Waals surface area contributed by atoms with Crippen molar-refractivity contribution in [3.05, 3.63) is 65.9 Å². The summed E-state index contributed by atoms with van der Waals surface area (Å²) in [4.78, 5) is 32.8. The summed E-state index contributed by atoms with van der Waals surface area (Å²) in [6.07, 6.45) is 3.16. The minimum atomic E-state index is -0.526. The summed E-state index contributed by atoms with van der Waals surface area (Å²) in [5.74, 6) is 0.483. The summed E-state index contributed by atoms with van der Waals surface area (Å²) >= 11 is 0. The molecule has 3 heterocycles. The van der Waals surface area contributed by atoms with Crippen LogP contribution >= 0.6 is 0 Å². The molecule has 10 heteroatoms. The standard InChI is InChI=1S/C22H22N6O4/c1-13-7-8-15(20-26-19(32-27-20)10-14(2)24-22(30)31-3)11-16(13)25-21(29)17-12-23-18-6-4-5-9-28(17)18/h4-9,11-12,14H,10H2,1-3H3,(H,24,30)(H,25,29)/t14-/m1/s1. The van der Waals surface area contributed by atoms with Gasteiger partial charge in [-0.25, -0.2) is 9.78 Å². The predicted octanol–water partition coefficient (Wildman–Crippen LogP) is 3.23. The Bertz CT molecular complexity index is 1280. The largest absolute Gasteiger partial charge is 0.453 e. The van der Waals surface area contributed by atoms with Crippen molar-refractivity contribution >= 4 is 23.3 Å². The Morgan fingerprint density at radius 3 is 2.91 bits per heavy atom. The minimum absolute atomic E-state index is 0.242. The van der Waals surface area contributed by atoms with E-state index in [1.807, 2.05) is 37.3 Å². The summed E-state index contributed by atoms with van der Waals surface area (Å²) in [6.45, 7) is 3.70. The van der Waals surface area contributed by atoms with Gasteiger partial charge in [0.25, 0.3) is 5.91 Å². The van der Waals surface area contributed by atoms with Crippen LogP contribution in [0.5, 0.6) is 0 Å². The molecule has 2 amide bonds. The van der Waals surface area contributed by atoms with Gasteiger partial charge in [-0.05, 0) is 37.6 Å². The van der Waals surface area contributed by atoms with E-state index in [0.717, 1.165) is 5.56 Å². The maximum atomic E-state index is 12.9. The Balaban J connectivity index is 1.51. The zero-order chi connectivity index (χ0) is 22.7. The number of carbonyl (C=O) groups excluding carboxylic acids is 2. The molecule has 164 valence electrons. The fourth-order valence-electron chi connectivity index (χ4n) is 3.21. The van der Waals surface area contributed by atoms with Crippen LogP contribution < -0.4 is 10.6 Å². The highest BCUT2D eigenvalue weighted by Gasteiger charge is 2.17. The maximum absolute atomic E-state index is 12.9. The van der Waals surface area contributed by atoms with Crippen molar-refractivity contribution < 1.29 is 18.8 Å². The third kappa shape index (κ3) is 4.43. The number of benzene rings is 1. The molecule has 0 saturated carbocycles. The number of hydrogen-bond donors (Lipinski definition) is 2. The summed E-state index contributed by atoms with van der Waals surface area (Å²) in [5.41, 5.74) is 3.33. The highest BCUT2D eigenvalue weighted by Crippen LogP contribution is 2.24. The van der Waals surface area contributed by atoms with Crippen LogP contribution in [0, 0.1) is 6.92 Å². The lowest BCUT2D eigenvalue weighted by Gasteiger charge is -2.10. The number of hydrogen-bond acceptors (Lipinski definition) is 7. The third-order valence-electron chi connectivity index (χ3n) is 4.89. The summed E-state index contributed by atoms with van der Waals surface area (Å²) in [6, 6.07) is 10.8. The summed E-state index contributed by atoms with van der Waals surface area (Å²) in [7, 11) is 1.30. The van der Waals surface area contributed by atoms with Gasteiger partial charge in [0.05, 0.1) is 13.3 Å². The summed E-state index contributed by atoms with van der Waals surface area (Å²) in [5, 5.41) is 9.61. The zero-order valence-corrected chi connectivity index (χ0v) is 17.8. The maximum Gasteiger partial charge on any atom is 0.407 e. The molecule has 0 aliphatic carbocycles. The van der Waals surface area contributed by atoms with Crippen molar-refractivity contribution in [1.29, 1.82) is 0 Å². The Morgan fingerprint density at radius 1 is 1.25 bits per heavy atom. The Hall–Kier alpha value is -4.21. The average Bonchev–Trinajstić information content (AvgIpc) is 3.42. The lowest BCUT2D eigenvalue weighted by Crippen LogP contribution is -2.33. The first kappa shape index (κ1) is 21.0. The van der Waals surface area contributed by atoms with Gasteiger partial charge in [-0.2, -0.15) is 4.98 Å². The van der Waals surface area contributed by atoms with Crippen LogP contribution in [0.3, 0.4) is 0 Å². The van der Waals surface area contributed by atoms with E-state index in [9.17, 15) is 9.59 Å². The van der Waals surface area contributed by atoms with E-state index < -0.39 is 6.09 Å². The second-order valence-corrected chi connectivity index (χ2v) is 7.31. The molecule has 0 unspecified atom stereocenters. The molecule has 2 N–H and O–H groups in total. The number of ether oxygens (including phenoxy) is 1. The number of rotatable bonds is 6. The number of amides is 2. The number of nitrogens with one attached hydrogen (secondary N) is 2. The molecule has 0 spiro atoms. The molecular weight excluding hydrogens is 412 g/mol. The van der Waals surface area contributed by atoms with Crippen LogP contribution in [0.2, 0.25) is 0 Å². The van der Waals surface area contributed by atoms with E-state index in [4.69, 9.17) is 4.52 Å². The average molecular weight is 434 g/mol. The van der Waals surface area contributed by atoms with Crippen molar-refractivity contribution in [2.24, 2.45) is 0 Å². The Morgan fingerprint density at radius 2 is 2.09 bits per heavy atom. The topological polar surface area (TPSA) is 124 Å². The van der Waals surface area contributed by atoms with Crippen LogP contribution in [0.25, 0.3) is 17.0 Å². The molecule has 0 fully saturated rings. The zero-order valence-electron chi connectivity index (χ0n) is 17.8. The Kier molecular flexibility index (Phi) is 5.84. The van der Waals surface area contributed by atoms with Crippen LogP contribution in [0.4, 0.5) is 10.5 Å². The van der Waals surface area contributed by atoms with Gasteiger partial charge >= 0.3 is 6.09 Å². The van der Waals surface area contributed by atoms with Crippen molar-refractivity contribution in [1.82, 2.24) is 24.8 Å². The first-order valence-corrected chi connectivity index (χ1v) is 9.96. The van der Waals surface area contributed by atoms with Crippen LogP contribution in [-0.4, -0.2) is 44.7 Å². The number of alkyl carbamates (subject to hydrolysis) is 1. The number of aromatic nitrogens is 4. The number of methoxy groups -OCH3 is 1. The number of aryl methyl sites for hydroxylation is 1. The van der Waals surface area contributed by atoms with Crippen molar-refractivity contribution in [3.63, 3.8) is 0 Å². The molecule has 0 radical (unpaired) electrons. The van der Waals surface area contributed by atoms with Gasteiger partial charge in [-0.1, -0.05) is 23.4 Å². The molecular formula is C22H22N6O4. The molecule has 0 bridgehead atoms. The highest BCUT2D eigenvalue weighted by molar-refractivity contribution is 6.04. The lowest BCUT2D eigenvalue weighted by molar-refractivity contribution is 0.102. The van der Waals surface area contributed by atoms with Crippen LogP contribution in [0.15, 0.2) is 53.3 Å². The third-order valence-corrected chi connectivity index (χ3v) is 4.89. The van der Waals surface area contributed by atoms with Crippen molar-refractivity contribution in [2.45, 2.75) is 26.3 Å². The molecule has 1 aromatic carbocycles. The summed E-state index contributed by atoms with van der Waals surface area (Å²) < 4.78 is 11.6. The molecule has 1 atom stereocenters. The number of imidazole rings is 1. The van der Waals surface area contributed by atoms with Gasteiger partial charge < -0.3 is 19.9 Å². The van der Waals surface area contributed by atoms with E-state index in [2.05, 4.69) is 30.5 Å². The van der Waals surface area contributed by atoms with Gasteiger partial charge in [0, 0.05) is 29.9 Å². The monoisotopic (exact) mass is 434 g/mol. The SMILES string of the molecule is COC(=O)N[C@H](C)Cc1nc(-c2ccc(C)c(NC(=O)c3cnc4ccccn34)c2)no1. The van der Waals surface area contributed by atoms with Gasteiger partial charge in [0.1, 0.15) is 11.3 Å². The number of carbonyl (C=O) groups is 2. The fraction of sp³-hybridized carbons (Fsp3) is 0.227. The minimum Gasteiger partial charge on any atom is -0.453 e. The molecule has 0 aliphatic heterocycles. The quantitative estimate of drug-likeness (QED) is 0.477. The molecule has 0 aliphatic rings.